The molecule has 2 amide bonds. The molecule has 0 unspecified atom stereocenters. The van der Waals surface area contributed by atoms with Crippen LogP contribution in [-0.4, -0.2) is 77.7 Å². The molecule has 3 aromatic rings. The van der Waals surface area contributed by atoms with E-state index in [9.17, 15) is 22.8 Å². The molecule has 4 rings (SSSR count). The fraction of sp³-hybridized carbons (Fsp3) is 0.280. The van der Waals surface area contributed by atoms with Crippen molar-refractivity contribution < 1.29 is 27.5 Å². The number of hydrogen-bond donors (Lipinski definition) is 2. The van der Waals surface area contributed by atoms with Gasteiger partial charge in [-0.25, -0.2) is 4.98 Å². The Morgan fingerprint density at radius 3 is 2.41 bits per heavy atom. The number of halogens is 3. The van der Waals surface area contributed by atoms with Gasteiger partial charge in [-0.15, -0.1) is 13.2 Å². The molecule has 37 heavy (non-hydrogen) atoms. The van der Waals surface area contributed by atoms with Gasteiger partial charge in [0.1, 0.15) is 5.82 Å². The van der Waals surface area contributed by atoms with Crippen molar-refractivity contribution in [2.45, 2.75) is 6.36 Å². The first kappa shape index (κ1) is 26.0. The number of likely N-dealkylation sites (N-methyl/N-ethyl adjacent to an activating group) is 1. The first-order valence-electron chi connectivity index (χ1n) is 11.4. The summed E-state index contributed by atoms with van der Waals surface area (Å²) in [6, 6.07) is 10.3. The Morgan fingerprint density at radius 1 is 1.00 bits per heavy atom. The number of anilines is 2. The maximum atomic E-state index is 12.9. The van der Waals surface area contributed by atoms with E-state index in [1.165, 1.54) is 6.07 Å². The number of nitrogens with one attached hydrogen (secondary N) is 2. The quantitative estimate of drug-likeness (QED) is 0.498. The van der Waals surface area contributed by atoms with E-state index in [4.69, 9.17) is 0 Å². The maximum absolute atomic E-state index is 12.9. The zero-order valence-electron chi connectivity index (χ0n) is 20.0. The van der Waals surface area contributed by atoms with Gasteiger partial charge in [0, 0.05) is 61.5 Å². The first-order valence-corrected chi connectivity index (χ1v) is 11.4. The third-order valence-corrected chi connectivity index (χ3v) is 5.70. The van der Waals surface area contributed by atoms with Crippen LogP contribution in [0.1, 0.15) is 10.4 Å². The number of carbonyl (C=O) groups excluding carboxylic acids is 2. The number of nitrogens with zero attached hydrogens (tertiary/aromatic N) is 4. The Morgan fingerprint density at radius 2 is 1.76 bits per heavy atom. The number of pyridine rings is 2. The summed E-state index contributed by atoms with van der Waals surface area (Å²) in [6.45, 7) is 2.88. The molecule has 194 valence electrons. The number of alkyl halides is 3. The van der Waals surface area contributed by atoms with Crippen molar-refractivity contribution in [1.82, 2.24) is 19.8 Å². The van der Waals surface area contributed by atoms with E-state index in [2.05, 4.69) is 30.2 Å². The summed E-state index contributed by atoms with van der Waals surface area (Å²) >= 11 is 0. The van der Waals surface area contributed by atoms with Crippen molar-refractivity contribution in [3.8, 4) is 16.9 Å². The van der Waals surface area contributed by atoms with Gasteiger partial charge >= 0.3 is 6.36 Å². The molecule has 3 heterocycles. The minimum Gasteiger partial charge on any atom is -0.404 e. The van der Waals surface area contributed by atoms with Crippen molar-refractivity contribution in [3.63, 3.8) is 0 Å². The van der Waals surface area contributed by atoms with Crippen molar-refractivity contribution in [1.29, 1.82) is 0 Å². The number of carbonyl (C=O) groups is 2. The molecule has 0 atom stereocenters. The summed E-state index contributed by atoms with van der Waals surface area (Å²) in [5, 5.41) is 5.06. The highest BCUT2D eigenvalue weighted by Crippen LogP contribution is 2.31. The number of amides is 2. The molecule has 2 aromatic heterocycles. The third kappa shape index (κ3) is 7.48. The monoisotopic (exact) mass is 514 g/mol. The van der Waals surface area contributed by atoms with Crippen LogP contribution in [0.2, 0.25) is 0 Å². The first-order chi connectivity index (χ1) is 17.7. The van der Waals surface area contributed by atoms with E-state index in [-0.39, 0.29) is 23.6 Å². The van der Waals surface area contributed by atoms with Gasteiger partial charge in [0.05, 0.1) is 12.2 Å². The second-order valence-corrected chi connectivity index (χ2v) is 8.51. The number of rotatable bonds is 7. The molecule has 0 aliphatic carbocycles. The topological polar surface area (TPSA) is 99.7 Å². The van der Waals surface area contributed by atoms with Gasteiger partial charge < -0.3 is 20.3 Å². The normalized spacial score (nSPS) is 14.7. The second kappa shape index (κ2) is 11.4. The van der Waals surface area contributed by atoms with Crippen LogP contribution in [0.25, 0.3) is 11.1 Å². The highest BCUT2D eigenvalue weighted by molar-refractivity contribution is 6.05. The van der Waals surface area contributed by atoms with Crippen molar-refractivity contribution in [2.75, 3.05) is 50.4 Å². The third-order valence-electron chi connectivity index (χ3n) is 5.70. The van der Waals surface area contributed by atoms with Gasteiger partial charge in [-0.1, -0.05) is 6.07 Å². The molecule has 1 saturated heterocycles. The fourth-order valence-corrected chi connectivity index (χ4v) is 3.74. The minimum absolute atomic E-state index is 0.00290. The van der Waals surface area contributed by atoms with Gasteiger partial charge in [-0.2, -0.15) is 0 Å². The predicted octanol–water partition coefficient (Wildman–Crippen LogP) is 3.48. The lowest BCUT2D eigenvalue weighted by Gasteiger charge is -2.31. The molecule has 1 aliphatic rings. The van der Waals surface area contributed by atoms with Crippen LogP contribution in [0, 0.1) is 0 Å². The van der Waals surface area contributed by atoms with E-state index in [0.717, 1.165) is 36.3 Å². The smallest absolute Gasteiger partial charge is 0.404 e. The summed E-state index contributed by atoms with van der Waals surface area (Å²) in [5.41, 5.74) is 1.40. The van der Waals surface area contributed by atoms with E-state index in [0.29, 0.717) is 13.1 Å². The van der Waals surface area contributed by atoms with Crippen molar-refractivity contribution in [3.05, 3.63) is 66.6 Å². The molecule has 0 bridgehead atoms. The second-order valence-electron chi connectivity index (χ2n) is 8.51. The lowest BCUT2D eigenvalue weighted by Crippen LogP contribution is -2.47. The molecule has 0 spiro atoms. The van der Waals surface area contributed by atoms with Gasteiger partial charge in [0.2, 0.25) is 5.91 Å². The van der Waals surface area contributed by atoms with Crippen LogP contribution in [0.3, 0.4) is 0 Å². The Labute approximate surface area is 211 Å². The highest BCUT2D eigenvalue weighted by atomic mass is 19.4. The van der Waals surface area contributed by atoms with Gasteiger partial charge in [0.15, 0.2) is 5.75 Å². The summed E-state index contributed by atoms with van der Waals surface area (Å²) < 4.78 is 42.9. The van der Waals surface area contributed by atoms with Crippen LogP contribution in [-0.2, 0) is 4.79 Å². The number of hydrogen-bond acceptors (Lipinski definition) is 7. The zero-order chi connectivity index (χ0) is 26.4. The molecule has 12 heteroatoms. The molecular formula is C25H25F3N6O3. The average Bonchev–Trinajstić information content (AvgIpc) is 2.86. The molecule has 9 nitrogen and oxygen atoms in total. The number of ether oxygens (including phenoxy) is 1. The Bertz CT molecular complexity index is 1230. The van der Waals surface area contributed by atoms with Crippen LogP contribution in [0.15, 0.2) is 61.1 Å². The van der Waals surface area contributed by atoms with Crippen LogP contribution in [0.5, 0.6) is 5.75 Å². The molecule has 1 aliphatic heterocycles. The van der Waals surface area contributed by atoms with E-state index in [1.54, 1.807) is 36.8 Å². The molecule has 0 radical (unpaired) electrons. The molecule has 2 N–H and O–H groups in total. The minimum atomic E-state index is -4.97. The SMILES string of the molecule is CN1CCN(CC(=O)Nc2cc(C(=O)Nc3ccc(-c4cccnc4)cn3)ccc2OC(F)(F)F)CC1. The number of aromatic nitrogens is 2. The predicted molar refractivity (Wildman–Crippen MR) is 131 cm³/mol. The lowest BCUT2D eigenvalue weighted by atomic mass is 10.1. The maximum Gasteiger partial charge on any atom is 0.573 e. The Hall–Kier alpha value is -4.03. The van der Waals surface area contributed by atoms with Crippen molar-refractivity contribution in [2.24, 2.45) is 0 Å². The van der Waals surface area contributed by atoms with E-state index < -0.39 is 23.9 Å². The van der Waals surface area contributed by atoms with Crippen LogP contribution < -0.4 is 15.4 Å². The van der Waals surface area contributed by atoms with Gasteiger partial charge in [-0.05, 0) is 43.4 Å². The summed E-state index contributed by atoms with van der Waals surface area (Å²) in [4.78, 5) is 37.7. The Kier molecular flexibility index (Phi) is 7.99. The number of piperazine rings is 1. The highest BCUT2D eigenvalue weighted by Gasteiger charge is 2.32. The molecular weight excluding hydrogens is 489 g/mol. The molecule has 1 aromatic carbocycles. The molecule has 0 saturated carbocycles. The lowest BCUT2D eigenvalue weighted by molar-refractivity contribution is -0.274. The Balaban J connectivity index is 1.47. The number of benzene rings is 1. The fourth-order valence-electron chi connectivity index (χ4n) is 3.74. The van der Waals surface area contributed by atoms with Crippen LogP contribution >= 0.6 is 0 Å². The van der Waals surface area contributed by atoms with Crippen LogP contribution in [0.4, 0.5) is 24.7 Å². The summed E-state index contributed by atoms with van der Waals surface area (Å²) in [6.07, 6.45) is -0.0728. The van der Waals surface area contributed by atoms with E-state index in [1.807, 2.05) is 18.0 Å². The van der Waals surface area contributed by atoms with E-state index >= 15 is 0 Å². The molecule has 1 fully saturated rings. The largest absolute Gasteiger partial charge is 0.573 e. The summed E-state index contributed by atoms with van der Waals surface area (Å²) in [7, 11) is 1.97. The zero-order valence-corrected chi connectivity index (χ0v) is 20.0. The standard InChI is InChI=1S/C25H25F3N6O3/c1-33-9-11-34(12-10-33)16-23(35)31-20-13-17(4-6-21(20)37-25(26,27)28)24(36)32-22-7-5-19(15-30-22)18-3-2-8-29-14-18/h2-8,13-15H,9-12,16H2,1H3,(H,31,35)(H,30,32,36). The van der Waals surface area contributed by atoms with Gasteiger partial charge in [-0.3, -0.25) is 19.5 Å². The van der Waals surface area contributed by atoms with Gasteiger partial charge in [0.25, 0.3) is 5.91 Å². The summed E-state index contributed by atoms with van der Waals surface area (Å²) in [5.74, 6) is -1.50. The van der Waals surface area contributed by atoms with Crippen molar-refractivity contribution >= 4 is 23.3 Å². The average molecular weight is 515 g/mol.